The van der Waals surface area contributed by atoms with Crippen molar-refractivity contribution in [2.75, 3.05) is 32.4 Å². The van der Waals surface area contributed by atoms with E-state index in [4.69, 9.17) is 0 Å². The maximum atomic E-state index is 12.8. The van der Waals surface area contributed by atoms with Gasteiger partial charge >= 0.3 is 0 Å². The predicted molar refractivity (Wildman–Crippen MR) is 81.8 cm³/mol. The first-order chi connectivity index (χ1) is 8.78. The van der Waals surface area contributed by atoms with E-state index in [0.717, 1.165) is 0 Å². The normalized spacial score (nSPS) is 29.9. The van der Waals surface area contributed by atoms with Gasteiger partial charge in [-0.15, -0.1) is 12.4 Å². The quantitative estimate of drug-likeness (QED) is 0.811. The molecule has 2 fully saturated rings. The van der Waals surface area contributed by atoms with E-state index in [1.807, 2.05) is 0 Å². The second-order valence-corrected chi connectivity index (χ2v) is 8.51. The van der Waals surface area contributed by atoms with Crippen molar-refractivity contribution in [2.24, 2.45) is 11.8 Å². The van der Waals surface area contributed by atoms with Crippen molar-refractivity contribution in [2.45, 2.75) is 31.4 Å². The monoisotopic (exact) mass is 324 g/mol. The number of halogens is 1. The fourth-order valence-corrected chi connectivity index (χ4v) is 4.55. The Morgan fingerprint density at radius 3 is 2.00 bits per heavy atom. The van der Waals surface area contributed by atoms with Crippen LogP contribution in [0.2, 0.25) is 0 Å². The molecule has 0 aromatic heterocycles. The summed E-state index contributed by atoms with van der Waals surface area (Å²) in [4.78, 5) is 14.5. The van der Waals surface area contributed by atoms with Crippen molar-refractivity contribution in [1.29, 1.82) is 0 Å². The van der Waals surface area contributed by atoms with Gasteiger partial charge in [-0.1, -0.05) is 13.8 Å². The molecule has 2 unspecified atom stereocenters. The van der Waals surface area contributed by atoms with Gasteiger partial charge < -0.3 is 10.2 Å². The molecule has 2 rings (SSSR count). The average Bonchev–Trinajstić information content (AvgIpc) is 2.68. The van der Waals surface area contributed by atoms with Gasteiger partial charge in [0.25, 0.3) is 0 Å². The lowest BCUT2D eigenvalue weighted by Gasteiger charge is -2.37. The van der Waals surface area contributed by atoms with Gasteiger partial charge in [-0.25, -0.2) is 8.42 Å². The minimum atomic E-state index is -3.39. The van der Waals surface area contributed by atoms with Gasteiger partial charge in [0.05, 0.1) is 0 Å². The van der Waals surface area contributed by atoms with Crippen LogP contribution in [-0.2, 0) is 14.6 Å². The highest BCUT2D eigenvalue weighted by molar-refractivity contribution is 7.92. The smallest absolute Gasteiger partial charge is 0.244 e. The first-order valence-corrected chi connectivity index (χ1v) is 8.87. The first-order valence-electron chi connectivity index (χ1n) is 6.97. The van der Waals surface area contributed by atoms with Gasteiger partial charge in [-0.05, 0) is 37.8 Å². The zero-order valence-corrected chi connectivity index (χ0v) is 14.0. The van der Waals surface area contributed by atoms with E-state index in [-0.39, 0.29) is 18.3 Å². The van der Waals surface area contributed by atoms with E-state index in [9.17, 15) is 13.2 Å². The molecule has 0 aromatic rings. The van der Waals surface area contributed by atoms with Gasteiger partial charge in [-0.3, -0.25) is 4.79 Å². The van der Waals surface area contributed by atoms with Crippen LogP contribution < -0.4 is 5.32 Å². The maximum Gasteiger partial charge on any atom is 0.244 e. The average molecular weight is 325 g/mol. The van der Waals surface area contributed by atoms with Crippen LogP contribution in [0.15, 0.2) is 0 Å². The van der Waals surface area contributed by atoms with Crippen LogP contribution in [0.3, 0.4) is 0 Å². The number of amides is 1. The highest BCUT2D eigenvalue weighted by atomic mass is 35.5. The van der Waals surface area contributed by atoms with Gasteiger partial charge in [0.1, 0.15) is 0 Å². The summed E-state index contributed by atoms with van der Waals surface area (Å²) in [5.74, 6) is 0.720. The summed E-state index contributed by atoms with van der Waals surface area (Å²) in [5.41, 5.74) is 0. The van der Waals surface area contributed by atoms with Crippen molar-refractivity contribution in [3.63, 3.8) is 0 Å². The number of carbonyl (C=O) groups excluding carboxylic acids is 1. The molecular weight excluding hydrogens is 300 g/mol. The molecule has 1 amide bonds. The SMILES string of the molecule is CC1CN(C(=O)C2(S(C)(=O)=O)CCNCC2)CC1C.Cl. The third-order valence-corrected chi connectivity index (χ3v) is 6.79. The standard InChI is InChI=1S/C13H24N2O3S.ClH/c1-10-8-15(9-11(10)2)12(16)13(19(3,17)18)4-6-14-7-5-13;/h10-11,14H,4-9H2,1-3H3;1H. The first kappa shape index (κ1) is 17.7. The molecule has 0 bridgehead atoms. The summed E-state index contributed by atoms with van der Waals surface area (Å²) in [6.45, 7) is 6.80. The Kier molecular flexibility index (Phi) is 5.49. The Balaban J connectivity index is 0.00000200. The van der Waals surface area contributed by atoms with Gasteiger partial charge in [0, 0.05) is 19.3 Å². The van der Waals surface area contributed by atoms with Gasteiger partial charge in [0.15, 0.2) is 14.6 Å². The molecule has 2 saturated heterocycles. The number of hydrogen-bond donors (Lipinski definition) is 1. The second kappa shape index (κ2) is 6.20. The Hall–Kier alpha value is -0.330. The van der Waals surface area contributed by atoms with Gasteiger partial charge in [0.2, 0.25) is 5.91 Å². The van der Waals surface area contributed by atoms with Crippen LogP contribution >= 0.6 is 12.4 Å². The number of piperidine rings is 1. The lowest BCUT2D eigenvalue weighted by Crippen LogP contribution is -2.57. The summed E-state index contributed by atoms with van der Waals surface area (Å²) in [6.07, 6.45) is 1.99. The summed E-state index contributed by atoms with van der Waals surface area (Å²) in [6, 6.07) is 0. The fraction of sp³-hybridized carbons (Fsp3) is 0.923. The van der Waals surface area contributed by atoms with Crippen LogP contribution in [0.4, 0.5) is 0 Å². The number of sulfone groups is 1. The largest absolute Gasteiger partial charge is 0.341 e. The number of nitrogens with one attached hydrogen (secondary N) is 1. The molecule has 0 spiro atoms. The molecule has 118 valence electrons. The number of nitrogens with zero attached hydrogens (tertiary/aromatic N) is 1. The second-order valence-electron chi connectivity index (χ2n) is 6.18. The zero-order chi connectivity index (χ0) is 14.3. The molecule has 7 heteroatoms. The van der Waals surface area contributed by atoms with E-state index < -0.39 is 14.6 Å². The Morgan fingerprint density at radius 2 is 1.60 bits per heavy atom. The molecule has 0 aromatic carbocycles. The van der Waals surface area contributed by atoms with E-state index in [1.165, 1.54) is 6.26 Å². The number of rotatable bonds is 2. The topological polar surface area (TPSA) is 66.5 Å². The molecule has 20 heavy (non-hydrogen) atoms. The molecule has 2 aliphatic rings. The lowest BCUT2D eigenvalue weighted by atomic mass is 9.95. The Bertz CT molecular complexity index is 450. The van der Waals surface area contributed by atoms with E-state index in [1.54, 1.807) is 4.90 Å². The predicted octanol–water partition coefficient (Wildman–Crippen LogP) is 0.689. The minimum absolute atomic E-state index is 0. The maximum absolute atomic E-state index is 12.8. The van der Waals surface area contributed by atoms with Crippen molar-refractivity contribution < 1.29 is 13.2 Å². The van der Waals surface area contributed by atoms with Gasteiger partial charge in [-0.2, -0.15) is 0 Å². The molecule has 0 radical (unpaired) electrons. The summed E-state index contributed by atoms with van der Waals surface area (Å²) in [7, 11) is -3.39. The molecule has 2 aliphatic heterocycles. The number of carbonyl (C=O) groups is 1. The van der Waals surface area contributed by atoms with Crippen molar-refractivity contribution in [1.82, 2.24) is 10.2 Å². The van der Waals surface area contributed by atoms with Crippen LogP contribution in [0.5, 0.6) is 0 Å². The summed E-state index contributed by atoms with van der Waals surface area (Å²) < 4.78 is 23.2. The minimum Gasteiger partial charge on any atom is -0.341 e. The Labute approximate surface area is 127 Å². The fourth-order valence-electron chi connectivity index (χ4n) is 3.16. The molecule has 1 N–H and O–H groups in total. The Morgan fingerprint density at radius 1 is 1.15 bits per heavy atom. The molecule has 0 aliphatic carbocycles. The van der Waals surface area contributed by atoms with Crippen molar-refractivity contribution in [3.8, 4) is 0 Å². The van der Waals surface area contributed by atoms with E-state index >= 15 is 0 Å². The van der Waals surface area contributed by atoms with Crippen LogP contribution in [0, 0.1) is 11.8 Å². The molecular formula is C13H25ClN2O3S. The third kappa shape index (κ3) is 2.97. The highest BCUT2D eigenvalue weighted by Gasteiger charge is 2.51. The third-order valence-electron chi connectivity index (χ3n) is 4.79. The lowest BCUT2D eigenvalue weighted by molar-refractivity contribution is -0.133. The molecule has 5 nitrogen and oxygen atoms in total. The molecule has 2 atom stereocenters. The number of hydrogen-bond acceptors (Lipinski definition) is 4. The zero-order valence-electron chi connectivity index (χ0n) is 12.4. The summed E-state index contributed by atoms with van der Waals surface area (Å²) >= 11 is 0. The van der Waals surface area contributed by atoms with Crippen LogP contribution in [0.25, 0.3) is 0 Å². The van der Waals surface area contributed by atoms with Crippen LogP contribution in [-0.4, -0.2) is 56.4 Å². The number of likely N-dealkylation sites (tertiary alicyclic amines) is 1. The highest BCUT2D eigenvalue weighted by Crippen LogP contribution is 2.33. The molecule has 0 saturated carbocycles. The van der Waals surface area contributed by atoms with E-state index in [2.05, 4.69) is 19.2 Å². The van der Waals surface area contributed by atoms with Crippen LogP contribution in [0.1, 0.15) is 26.7 Å². The van der Waals surface area contributed by atoms with E-state index in [0.29, 0.717) is 50.9 Å². The molecule has 2 heterocycles. The summed E-state index contributed by atoms with van der Waals surface area (Å²) in [5, 5.41) is 3.14. The van der Waals surface area contributed by atoms with Crippen molar-refractivity contribution >= 4 is 28.2 Å². The van der Waals surface area contributed by atoms with Crippen molar-refractivity contribution in [3.05, 3.63) is 0 Å².